The van der Waals surface area contributed by atoms with Gasteiger partial charge in [0.25, 0.3) is 5.91 Å². The van der Waals surface area contributed by atoms with Crippen LogP contribution in [-0.2, 0) is 0 Å². The maximum atomic E-state index is 12.0. The Bertz CT molecular complexity index is 751. The number of hydrogen-bond acceptors (Lipinski definition) is 4. The fourth-order valence-corrected chi connectivity index (χ4v) is 2.70. The van der Waals surface area contributed by atoms with Crippen molar-refractivity contribution in [1.82, 2.24) is 9.97 Å². The van der Waals surface area contributed by atoms with Crippen LogP contribution in [0.4, 0.5) is 5.69 Å². The number of nitrogens with zero attached hydrogens (tertiary/aromatic N) is 2. The smallest absolute Gasteiger partial charge is 0.265 e. The zero-order valence-electron chi connectivity index (χ0n) is 11.4. The van der Waals surface area contributed by atoms with Crippen LogP contribution >= 0.6 is 11.3 Å². The van der Waals surface area contributed by atoms with Gasteiger partial charge in [0.2, 0.25) is 0 Å². The van der Waals surface area contributed by atoms with Crippen LogP contribution in [0.2, 0.25) is 0 Å². The van der Waals surface area contributed by atoms with E-state index >= 15 is 0 Å². The van der Waals surface area contributed by atoms with Gasteiger partial charge in [-0.25, -0.2) is 0 Å². The Balaban J connectivity index is 1.74. The number of aryl methyl sites for hydroxylation is 1. The Morgan fingerprint density at radius 1 is 1.19 bits per heavy atom. The predicted molar refractivity (Wildman–Crippen MR) is 84.5 cm³/mol. The third-order valence-corrected chi connectivity index (χ3v) is 4.00. The van der Waals surface area contributed by atoms with E-state index in [2.05, 4.69) is 15.3 Å². The van der Waals surface area contributed by atoms with E-state index in [1.165, 1.54) is 11.3 Å². The second kappa shape index (κ2) is 5.85. The highest BCUT2D eigenvalue weighted by atomic mass is 32.1. The number of rotatable bonds is 3. The van der Waals surface area contributed by atoms with Crippen LogP contribution in [0.25, 0.3) is 11.3 Å². The van der Waals surface area contributed by atoms with Gasteiger partial charge in [0.15, 0.2) is 0 Å². The monoisotopic (exact) mass is 295 g/mol. The van der Waals surface area contributed by atoms with Gasteiger partial charge in [-0.1, -0.05) is 0 Å². The molecule has 0 unspecified atom stereocenters. The number of carbonyl (C=O) groups excluding carboxylic acids is 1. The molecule has 3 aromatic rings. The van der Waals surface area contributed by atoms with Gasteiger partial charge in [-0.15, -0.1) is 11.3 Å². The molecule has 0 aliphatic carbocycles. The van der Waals surface area contributed by atoms with Crippen molar-refractivity contribution < 1.29 is 4.79 Å². The Morgan fingerprint density at radius 3 is 2.62 bits per heavy atom. The van der Waals surface area contributed by atoms with Crippen molar-refractivity contribution in [2.75, 3.05) is 5.32 Å². The number of carbonyl (C=O) groups is 1. The van der Waals surface area contributed by atoms with Crippen LogP contribution in [0, 0.1) is 6.92 Å². The summed E-state index contributed by atoms with van der Waals surface area (Å²) < 4.78 is 0. The molecule has 0 spiro atoms. The van der Waals surface area contributed by atoms with Crippen molar-refractivity contribution in [3.8, 4) is 11.3 Å². The van der Waals surface area contributed by atoms with Gasteiger partial charge in [0, 0.05) is 18.0 Å². The summed E-state index contributed by atoms with van der Waals surface area (Å²) in [5.41, 5.74) is 3.62. The van der Waals surface area contributed by atoms with E-state index in [4.69, 9.17) is 0 Å². The number of nitrogens with one attached hydrogen (secondary N) is 1. The fraction of sp³-hybridized carbons (Fsp3) is 0.0625. The Labute approximate surface area is 126 Å². The lowest BCUT2D eigenvalue weighted by atomic mass is 10.2. The molecule has 104 valence electrons. The largest absolute Gasteiger partial charge is 0.320 e. The summed E-state index contributed by atoms with van der Waals surface area (Å²) >= 11 is 1.44. The number of thiophene rings is 1. The van der Waals surface area contributed by atoms with Crippen molar-refractivity contribution in [2.45, 2.75) is 6.92 Å². The maximum Gasteiger partial charge on any atom is 0.265 e. The van der Waals surface area contributed by atoms with Crippen LogP contribution in [-0.4, -0.2) is 15.9 Å². The van der Waals surface area contributed by atoms with Crippen LogP contribution in [0.5, 0.6) is 0 Å². The molecule has 0 atom stereocenters. The Morgan fingerprint density at radius 2 is 2.00 bits per heavy atom. The first-order valence-corrected chi connectivity index (χ1v) is 7.33. The van der Waals surface area contributed by atoms with E-state index in [0.29, 0.717) is 10.6 Å². The van der Waals surface area contributed by atoms with Gasteiger partial charge < -0.3 is 5.32 Å². The molecule has 5 heteroatoms. The number of aromatic nitrogens is 2. The average Bonchev–Trinajstić information content (AvgIpc) is 2.96. The zero-order valence-corrected chi connectivity index (χ0v) is 12.2. The minimum Gasteiger partial charge on any atom is -0.320 e. The highest BCUT2D eigenvalue weighted by Crippen LogP contribution is 2.19. The second-order valence-electron chi connectivity index (χ2n) is 4.61. The summed E-state index contributed by atoms with van der Waals surface area (Å²) in [5.74, 6) is -0.105. The molecule has 3 aromatic heterocycles. The van der Waals surface area contributed by atoms with Crippen LogP contribution < -0.4 is 5.32 Å². The Hall–Kier alpha value is -2.53. The number of hydrogen-bond donors (Lipinski definition) is 1. The zero-order chi connectivity index (χ0) is 14.7. The first-order valence-electron chi connectivity index (χ1n) is 6.45. The first kappa shape index (κ1) is 13.5. The summed E-state index contributed by atoms with van der Waals surface area (Å²) in [4.78, 5) is 21.1. The van der Waals surface area contributed by atoms with E-state index in [1.807, 2.05) is 42.6 Å². The number of anilines is 1. The quantitative estimate of drug-likeness (QED) is 0.800. The summed E-state index contributed by atoms with van der Waals surface area (Å²) in [5, 5.41) is 4.80. The van der Waals surface area contributed by atoms with E-state index < -0.39 is 0 Å². The molecule has 1 N–H and O–H groups in total. The normalized spacial score (nSPS) is 10.3. The lowest BCUT2D eigenvalue weighted by Gasteiger charge is -2.05. The highest BCUT2D eigenvalue weighted by Gasteiger charge is 2.08. The van der Waals surface area contributed by atoms with E-state index in [0.717, 1.165) is 16.8 Å². The highest BCUT2D eigenvalue weighted by molar-refractivity contribution is 7.12. The molecule has 21 heavy (non-hydrogen) atoms. The molecule has 0 saturated heterocycles. The van der Waals surface area contributed by atoms with Crippen LogP contribution in [0.1, 0.15) is 15.2 Å². The standard InChI is InChI=1S/C16H13N3OS/c1-11-8-15(21-10-11)16(20)19-13-2-3-14(18-9-13)12-4-6-17-7-5-12/h2-10H,1H3,(H,19,20). The number of amides is 1. The van der Waals surface area contributed by atoms with E-state index in [9.17, 15) is 4.79 Å². The molecule has 0 aliphatic heterocycles. The summed E-state index contributed by atoms with van der Waals surface area (Å²) in [6.07, 6.45) is 5.12. The molecular weight excluding hydrogens is 282 g/mol. The van der Waals surface area contributed by atoms with Crippen LogP contribution in [0.3, 0.4) is 0 Å². The predicted octanol–water partition coefficient (Wildman–Crippen LogP) is 3.77. The minimum absolute atomic E-state index is 0.105. The molecule has 4 nitrogen and oxygen atoms in total. The van der Waals surface area contributed by atoms with Gasteiger partial charge in [0.05, 0.1) is 22.5 Å². The molecule has 0 radical (unpaired) electrons. The molecule has 0 aliphatic rings. The molecule has 3 rings (SSSR count). The third-order valence-electron chi connectivity index (χ3n) is 2.95. The summed E-state index contributed by atoms with van der Waals surface area (Å²) in [6, 6.07) is 9.40. The minimum atomic E-state index is -0.105. The topological polar surface area (TPSA) is 54.9 Å². The third kappa shape index (κ3) is 3.14. The van der Waals surface area contributed by atoms with Gasteiger partial charge >= 0.3 is 0 Å². The molecule has 0 aromatic carbocycles. The van der Waals surface area contributed by atoms with Crippen molar-refractivity contribution >= 4 is 22.9 Å². The van der Waals surface area contributed by atoms with E-state index in [-0.39, 0.29) is 5.91 Å². The SMILES string of the molecule is Cc1csc(C(=O)Nc2ccc(-c3ccncc3)nc2)c1. The van der Waals surface area contributed by atoms with Crippen molar-refractivity contribution in [3.05, 3.63) is 64.7 Å². The molecule has 3 heterocycles. The van der Waals surface area contributed by atoms with Crippen molar-refractivity contribution in [1.29, 1.82) is 0 Å². The molecule has 0 fully saturated rings. The van der Waals surface area contributed by atoms with Gasteiger partial charge in [-0.3, -0.25) is 14.8 Å². The molecule has 0 saturated carbocycles. The Kier molecular flexibility index (Phi) is 3.75. The average molecular weight is 295 g/mol. The van der Waals surface area contributed by atoms with Gasteiger partial charge in [0.1, 0.15) is 0 Å². The van der Waals surface area contributed by atoms with Gasteiger partial charge in [-0.05, 0) is 48.2 Å². The van der Waals surface area contributed by atoms with Crippen molar-refractivity contribution in [2.24, 2.45) is 0 Å². The van der Waals surface area contributed by atoms with Gasteiger partial charge in [-0.2, -0.15) is 0 Å². The maximum absolute atomic E-state index is 12.0. The number of pyridine rings is 2. The lowest BCUT2D eigenvalue weighted by Crippen LogP contribution is -2.10. The van der Waals surface area contributed by atoms with Crippen LogP contribution in [0.15, 0.2) is 54.3 Å². The van der Waals surface area contributed by atoms with E-state index in [1.54, 1.807) is 18.6 Å². The summed E-state index contributed by atoms with van der Waals surface area (Å²) in [7, 11) is 0. The molecule has 1 amide bonds. The lowest BCUT2D eigenvalue weighted by molar-refractivity contribution is 0.103. The van der Waals surface area contributed by atoms with Crippen molar-refractivity contribution in [3.63, 3.8) is 0 Å². The fourth-order valence-electron chi connectivity index (χ4n) is 1.90. The summed E-state index contributed by atoms with van der Waals surface area (Å²) in [6.45, 7) is 1.97. The molecular formula is C16H13N3OS. The second-order valence-corrected chi connectivity index (χ2v) is 5.52. The first-order chi connectivity index (χ1) is 10.2. The molecule has 0 bridgehead atoms.